The summed E-state index contributed by atoms with van der Waals surface area (Å²) in [5.74, 6) is 0.632. The van der Waals surface area contributed by atoms with Crippen LogP contribution in [-0.2, 0) is 0 Å². The summed E-state index contributed by atoms with van der Waals surface area (Å²) in [5, 5.41) is 6.84. The van der Waals surface area contributed by atoms with Crippen LogP contribution in [0.15, 0.2) is 174 Å². The summed E-state index contributed by atoms with van der Waals surface area (Å²) in [6.07, 6.45) is 0. The Hall–Kier alpha value is -6.98. The number of aromatic nitrogens is 4. The summed E-state index contributed by atoms with van der Waals surface area (Å²) in [6, 6.07) is 59.3. The first-order chi connectivity index (χ1) is 25.3. The zero-order chi connectivity index (χ0) is 33.5. The topological polar surface area (TPSA) is 48.8 Å². The van der Waals surface area contributed by atoms with E-state index in [4.69, 9.17) is 14.4 Å². The molecule has 0 saturated heterocycles. The Morgan fingerprint density at radius 1 is 0.412 bits per heavy atom. The highest BCUT2D eigenvalue weighted by Crippen LogP contribution is 2.45. The van der Waals surface area contributed by atoms with Crippen molar-refractivity contribution in [2.75, 3.05) is 0 Å². The SMILES string of the molecule is c1ccc(-c2cc(-c3ccccc3)nc(-n3c4ccccc4c4c5c6ccc7c8ccccc8oc7c6n(-c6ccccc6)c5ccc43)n2)cc1. The first-order valence-corrected chi connectivity index (χ1v) is 17.2. The van der Waals surface area contributed by atoms with Gasteiger partial charge in [-0.1, -0.05) is 121 Å². The van der Waals surface area contributed by atoms with E-state index in [0.717, 1.165) is 88.4 Å². The quantitative estimate of drug-likeness (QED) is 0.190. The smallest absolute Gasteiger partial charge is 0.235 e. The highest BCUT2D eigenvalue weighted by atomic mass is 16.3. The van der Waals surface area contributed by atoms with Crippen LogP contribution in [0.5, 0.6) is 0 Å². The van der Waals surface area contributed by atoms with Crippen LogP contribution >= 0.6 is 0 Å². The molecule has 0 aliphatic carbocycles. The van der Waals surface area contributed by atoms with Crippen LogP contribution in [-0.4, -0.2) is 19.1 Å². The lowest BCUT2D eigenvalue weighted by molar-refractivity contribution is 0.671. The lowest BCUT2D eigenvalue weighted by atomic mass is 10.0. The summed E-state index contributed by atoms with van der Waals surface area (Å²) in [7, 11) is 0. The van der Waals surface area contributed by atoms with Gasteiger partial charge in [-0.25, -0.2) is 9.97 Å². The minimum Gasteiger partial charge on any atom is -0.454 e. The maximum atomic E-state index is 6.70. The molecule has 238 valence electrons. The lowest BCUT2D eigenvalue weighted by Gasteiger charge is -2.12. The molecule has 0 aliphatic heterocycles. The molecule has 0 fully saturated rings. The molecule has 4 aromatic heterocycles. The first-order valence-electron chi connectivity index (χ1n) is 17.2. The summed E-state index contributed by atoms with van der Waals surface area (Å²) in [4.78, 5) is 10.5. The number of hydrogen-bond donors (Lipinski definition) is 0. The molecule has 0 unspecified atom stereocenters. The predicted octanol–water partition coefficient (Wildman–Crippen LogP) is 11.9. The Bertz CT molecular complexity index is 3060. The third kappa shape index (κ3) is 4.09. The fourth-order valence-corrected chi connectivity index (χ4v) is 7.94. The molecule has 0 atom stereocenters. The third-order valence-electron chi connectivity index (χ3n) is 10.1. The van der Waals surface area contributed by atoms with Crippen LogP contribution < -0.4 is 0 Å². The second kappa shape index (κ2) is 10.8. The molecule has 4 heterocycles. The molecule has 0 radical (unpaired) electrons. The van der Waals surface area contributed by atoms with Crippen LogP contribution in [0.25, 0.3) is 99.7 Å². The van der Waals surface area contributed by atoms with Crippen molar-refractivity contribution < 1.29 is 4.42 Å². The van der Waals surface area contributed by atoms with Gasteiger partial charge in [0.1, 0.15) is 5.58 Å². The van der Waals surface area contributed by atoms with Gasteiger partial charge in [0, 0.05) is 49.1 Å². The number of hydrogen-bond acceptors (Lipinski definition) is 3. The van der Waals surface area contributed by atoms with Crippen molar-refractivity contribution in [3.63, 3.8) is 0 Å². The van der Waals surface area contributed by atoms with Gasteiger partial charge in [-0.05, 0) is 48.5 Å². The molecule has 0 saturated carbocycles. The Morgan fingerprint density at radius 2 is 0.961 bits per heavy atom. The molecule has 11 aromatic rings. The molecule has 0 amide bonds. The van der Waals surface area contributed by atoms with Gasteiger partial charge in [0.15, 0.2) is 5.58 Å². The number of benzene rings is 7. The van der Waals surface area contributed by atoms with E-state index in [0.29, 0.717) is 5.95 Å². The molecule has 5 nitrogen and oxygen atoms in total. The summed E-state index contributed by atoms with van der Waals surface area (Å²) in [6.45, 7) is 0. The molecular weight excluding hydrogens is 625 g/mol. The van der Waals surface area contributed by atoms with Gasteiger partial charge in [0.05, 0.1) is 33.5 Å². The number of rotatable bonds is 4. The number of para-hydroxylation sites is 3. The highest BCUT2D eigenvalue weighted by molar-refractivity contribution is 6.31. The van der Waals surface area contributed by atoms with E-state index in [1.165, 1.54) is 5.39 Å². The van der Waals surface area contributed by atoms with Gasteiger partial charge < -0.3 is 8.98 Å². The van der Waals surface area contributed by atoms with Gasteiger partial charge in [-0.3, -0.25) is 4.57 Å². The largest absolute Gasteiger partial charge is 0.454 e. The number of fused-ring (bicyclic) bond motifs is 11. The van der Waals surface area contributed by atoms with Crippen molar-refractivity contribution in [3.8, 4) is 34.2 Å². The second-order valence-corrected chi connectivity index (χ2v) is 13.0. The zero-order valence-corrected chi connectivity index (χ0v) is 27.4. The van der Waals surface area contributed by atoms with E-state index in [2.05, 4.69) is 161 Å². The van der Waals surface area contributed by atoms with E-state index >= 15 is 0 Å². The first kappa shape index (κ1) is 27.9. The number of nitrogens with zero attached hydrogens (tertiary/aromatic N) is 4. The zero-order valence-electron chi connectivity index (χ0n) is 27.4. The van der Waals surface area contributed by atoms with Crippen LogP contribution in [0.3, 0.4) is 0 Å². The number of furan rings is 1. The van der Waals surface area contributed by atoms with Crippen LogP contribution in [0.4, 0.5) is 0 Å². The third-order valence-corrected chi connectivity index (χ3v) is 10.1. The van der Waals surface area contributed by atoms with Gasteiger partial charge in [-0.15, -0.1) is 0 Å². The average Bonchev–Trinajstić information content (AvgIpc) is 3.86. The van der Waals surface area contributed by atoms with Crippen LogP contribution in [0.2, 0.25) is 0 Å². The highest BCUT2D eigenvalue weighted by Gasteiger charge is 2.24. The van der Waals surface area contributed by atoms with E-state index in [9.17, 15) is 0 Å². The Kier molecular flexibility index (Phi) is 5.89. The van der Waals surface area contributed by atoms with Crippen molar-refractivity contribution in [3.05, 3.63) is 170 Å². The van der Waals surface area contributed by atoms with Gasteiger partial charge in [0.2, 0.25) is 5.95 Å². The predicted molar refractivity (Wildman–Crippen MR) is 209 cm³/mol. The minimum absolute atomic E-state index is 0.632. The fraction of sp³-hybridized carbons (Fsp3) is 0. The molecular formula is C46H28N4O. The Labute approximate surface area is 292 Å². The second-order valence-electron chi connectivity index (χ2n) is 13.0. The fourth-order valence-electron chi connectivity index (χ4n) is 7.94. The van der Waals surface area contributed by atoms with Gasteiger partial charge in [-0.2, -0.15) is 0 Å². The molecule has 11 rings (SSSR count). The van der Waals surface area contributed by atoms with Crippen molar-refractivity contribution in [1.29, 1.82) is 0 Å². The van der Waals surface area contributed by atoms with E-state index in [-0.39, 0.29) is 0 Å². The van der Waals surface area contributed by atoms with Crippen molar-refractivity contribution >= 4 is 65.6 Å². The van der Waals surface area contributed by atoms with Gasteiger partial charge >= 0.3 is 0 Å². The maximum Gasteiger partial charge on any atom is 0.235 e. The average molecular weight is 653 g/mol. The standard InChI is InChI=1S/C46H28N4O/c1-4-14-29(15-5-1)36-28-37(30-16-6-2-7-17-30)48-46(47-36)50-38-22-12-10-21-34(38)42-40(50)27-26-39-43(42)35-25-24-33-32-20-11-13-23-41(32)51-45(33)44(35)49(39)31-18-8-3-9-19-31/h1-28H. The van der Waals surface area contributed by atoms with E-state index in [1.807, 2.05) is 18.2 Å². The van der Waals surface area contributed by atoms with Crippen molar-refractivity contribution in [1.82, 2.24) is 19.1 Å². The minimum atomic E-state index is 0.632. The molecule has 5 heteroatoms. The van der Waals surface area contributed by atoms with Crippen LogP contribution in [0.1, 0.15) is 0 Å². The molecule has 7 aromatic carbocycles. The van der Waals surface area contributed by atoms with Crippen molar-refractivity contribution in [2.24, 2.45) is 0 Å². The van der Waals surface area contributed by atoms with E-state index in [1.54, 1.807) is 0 Å². The molecule has 0 spiro atoms. The summed E-state index contributed by atoms with van der Waals surface area (Å²) in [5.41, 5.74) is 11.0. The molecule has 0 N–H and O–H groups in total. The Morgan fingerprint density at radius 3 is 1.67 bits per heavy atom. The van der Waals surface area contributed by atoms with Gasteiger partial charge in [0.25, 0.3) is 0 Å². The Balaban J connectivity index is 1.29. The summed E-state index contributed by atoms with van der Waals surface area (Å²) < 4.78 is 11.3. The van der Waals surface area contributed by atoms with Crippen LogP contribution in [0, 0.1) is 0 Å². The maximum absolute atomic E-state index is 6.70. The summed E-state index contributed by atoms with van der Waals surface area (Å²) >= 11 is 0. The molecule has 0 bridgehead atoms. The molecule has 0 aliphatic rings. The monoisotopic (exact) mass is 652 g/mol. The van der Waals surface area contributed by atoms with E-state index < -0.39 is 0 Å². The lowest BCUT2D eigenvalue weighted by Crippen LogP contribution is -2.04. The normalized spacial score (nSPS) is 11.9. The van der Waals surface area contributed by atoms with Crippen molar-refractivity contribution in [2.45, 2.75) is 0 Å². The molecule has 51 heavy (non-hydrogen) atoms.